The van der Waals surface area contributed by atoms with Crippen LogP contribution in [0.2, 0.25) is 0 Å². The Kier molecular flexibility index (Phi) is 7.32. The number of hydrogen-bond acceptors (Lipinski definition) is 6. The van der Waals surface area contributed by atoms with Crippen LogP contribution in [0.4, 0.5) is 10.5 Å². The van der Waals surface area contributed by atoms with Crippen LogP contribution in [0, 0.1) is 0 Å². The fourth-order valence-electron chi connectivity index (χ4n) is 4.33. The minimum Gasteiger partial charge on any atom is -0.490 e. The van der Waals surface area contributed by atoms with Gasteiger partial charge in [0, 0.05) is 19.3 Å². The van der Waals surface area contributed by atoms with Gasteiger partial charge in [0.15, 0.2) is 0 Å². The number of amides is 3. The van der Waals surface area contributed by atoms with Crippen LogP contribution in [0.25, 0.3) is 0 Å². The number of nitrogens with one attached hydrogen (secondary N) is 2. The first-order valence-electron chi connectivity index (χ1n) is 11.3. The fourth-order valence-corrected chi connectivity index (χ4v) is 4.33. The molecule has 1 saturated heterocycles. The van der Waals surface area contributed by atoms with Crippen molar-refractivity contribution in [2.75, 3.05) is 26.1 Å². The van der Waals surface area contributed by atoms with E-state index < -0.39 is 0 Å². The van der Waals surface area contributed by atoms with Gasteiger partial charge in [0.1, 0.15) is 18.5 Å². The molecule has 0 aliphatic carbocycles. The Morgan fingerprint density at radius 1 is 1.15 bits per heavy atom. The maximum absolute atomic E-state index is 13.3. The predicted molar refractivity (Wildman–Crippen MR) is 125 cm³/mol. The number of benzene rings is 2. The molecule has 34 heavy (non-hydrogen) atoms. The molecule has 9 nitrogen and oxygen atoms in total. The molecule has 2 heterocycles. The third-order valence-electron chi connectivity index (χ3n) is 6.19. The lowest BCUT2D eigenvalue weighted by Gasteiger charge is -2.42. The minimum absolute atomic E-state index is 0.176. The zero-order chi connectivity index (χ0) is 24.1. The van der Waals surface area contributed by atoms with E-state index in [1.165, 1.54) is 7.11 Å². The molecule has 0 radical (unpaired) electrons. The lowest BCUT2D eigenvalue weighted by Crippen LogP contribution is -2.53. The molecule has 9 heteroatoms. The minimum atomic E-state index is -0.367. The number of fused-ring (bicyclic) bond motifs is 2. The number of esters is 1. The molecular formula is C25H29N3O6. The first-order chi connectivity index (χ1) is 16.4. The van der Waals surface area contributed by atoms with E-state index in [0.29, 0.717) is 36.4 Å². The highest BCUT2D eigenvalue weighted by molar-refractivity contribution is 5.99. The predicted octanol–water partition coefficient (Wildman–Crippen LogP) is 2.95. The second kappa shape index (κ2) is 10.6. The molecule has 0 bridgehead atoms. The quantitative estimate of drug-likeness (QED) is 0.655. The van der Waals surface area contributed by atoms with Gasteiger partial charge < -0.3 is 29.7 Å². The van der Waals surface area contributed by atoms with Crippen molar-refractivity contribution >= 4 is 23.6 Å². The Balaban J connectivity index is 1.43. The van der Waals surface area contributed by atoms with E-state index in [-0.39, 0.29) is 49.2 Å². The van der Waals surface area contributed by atoms with Crippen molar-refractivity contribution in [2.24, 2.45) is 0 Å². The smallest absolute Gasteiger partial charge is 0.319 e. The van der Waals surface area contributed by atoms with E-state index in [4.69, 9.17) is 14.2 Å². The highest BCUT2D eigenvalue weighted by Crippen LogP contribution is 2.32. The second-order valence-electron chi connectivity index (χ2n) is 8.45. The number of ether oxygens (including phenoxy) is 3. The van der Waals surface area contributed by atoms with Crippen LogP contribution in [0.3, 0.4) is 0 Å². The van der Waals surface area contributed by atoms with Gasteiger partial charge in [0.05, 0.1) is 31.2 Å². The Bertz CT molecular complexity index is 1040. The number of rotatable bonds is 5. The molecule has 2 aromatic carbocycles. The van der Waals surface area contributed by atoms with Crippen LogP contribution in [-0.4, -0.2) is 61.8 Å². The molecule has 0 aromatic heterocycles. The van der Waals surface area contributed by atoms with Crippen molar-refractivity contribution in [3.05, 3.63) is 59.7 Å². The molecule has 2 N–H and O–H groups in total. The van der Waals surface area contributed by atoms with Crippen molar-refractivity contribution in [3.63, 3.8) is 0 Å². The summed E-state index contributed by atoms with van der Waals surface area (Å²) in [6.45, 7) is 0.639. The van der Waals surface area contributed by atoms with E-state index >= 15 is 0 Å². The van der Waals surface area contributed by atoms with Crippen LogP contribution in [0.15, 0.2) is 48.5 Å². The van der Waals surface area contributed by atoms with Gasteiger partial charge in [-0.2, -0.15) is 0 Å². The second-order valence-corrected chi connectivity index (χ2v) is 8.45. The van der Waals surface area contributed by atoms with Gasteiger partial charge in [-0.3, -0.25) is 9.59 Å². The molecule has 4 rings (SSSR count). The zero-order valence-corrected chi connectivity index (χ0v) is 19.3. The summed E-state index contributed by atoms with van der Waals surface area (Å²) < 4.78 is 16.8. The number of carbonyl (C=O) groups excluding carboxylic acids is 3. The van der Waals surface area contributed by atoms with Crippen LogP contribution >= 0.6 is 0 Å². The normalized spacial score (nSPS) is 21.8. The first kappa shape index (κ1) is 23.6. The number of likely N-dealkylation sites (N-methyl/N-ethyl adjacent to an activating group) is 1. The summed E-state index contributed by atoms with van der Waals surface area (Å²) in [6.07, 6.45) is 0.888. The van der Waals surface area contributed by atoms with Crippen molar-refractivity contribution in [1.82, 2.24) is 10.2 Å². The lowest BCUT2D eigenvalue weighted by molar-refractivity contribution is -0.151. The van der Waals surface area contributed by atoms with Crippen LogP contribution in [0.1, 0.15) is 35.2 Å². The van der Waals surface area contributed by atoms with Gasteiger partial charge >= 0.3 is 12.0 Å². The Morgan fingerprint density at radius 2 is 1.94 bits per heavy atom. The summed E-state index contributed by atoms with van der Waals surface area (Å²) >= 11 is 0. The Hall–Kier alpha value is -3.59. The van der Waals surface area contributed by atoms with Gasteiger partial charge in [0.2, 0.25) is 0 Å². The summed E-state index contributed by atoms with van der Waals surface area (Å²) in [5, 5.41) is 5.58. The van der Waals surface area contributed by atoms with E-state index in [1.807, 2.05) is 30.3 Å². The monoisotopic (exact) mass is 467 g/mol. The van der Waals surface area contributed by atoms with Crippen molar-refractivity contribution in [3.8, 4) is 5.75 Å². The highest BCUT2D eigenvalue weighted by atomic mass is 16.5. The molecule has 0 saturated carbocycles. The van der Waals surface area contributed by atoms with E-state index in [0.717, 1.165) is 5.56 Å². The summed E-state index contributed by atoms with van der Waals surface area (Å²) in [7, 11) is 3.10. The largest absolute Gasteiger partial charge is 0.490 e. The highest BCUT2D eigenvalue weighted by Gasteiger charge is 2.39. The molecule has 3 amide bonds. The van der Waals surface area contributed by atoms with Gasteiger partial charge in [0.25, 0.3) is 5.91 Å². The maximum Gasteiger partial charge on any atom is 0.319 e. The zero-order valence-electron chi connectivity index (χ0n) is 19.3. The summed E-state index contributed by atoms with van der Waals surface area (Å²) in [4.78, 5) is 38.9. The van der Waals surface area contributed by atoms with Crippen LogP contribution < -0.4 is 15.4 Å². The molecular weight excluding hydrogens is 438 g/mol. The molecule has 0 unspecified atom stereocenters. The van der Waals surface area contributed by atoms with Crippen LogP contribution in [-0.2, 0) is 20.8 Å². The Morgan fingerprint density at radius 3 is 2.71 bits per heavy atom. The summed E-state index contributed by atoms with van der Waals surface area (Å²) in [5.41, 5.74) is 1.85. The topological polar surface area (TPSA) is 106 Å². The molecule has 0 spiro atoms. The van der Waals surface area contributed by atoms with E-state index in [2.05, 4.69) is 10.6 Å². The van der Waals surface area contributed by atoms with Crippen LogP contribution in [0.5, 0.6) is 5.75 Å². The van der Waals surface area contributed by atoms with Crippen molar-refractivity contribution in [2.45, 2.75) is 44.1 Å². The molecule has 1 fully saturated rings. The third kappa shape index (κ3) is 5.48. The molecule has 2 aliphatic heterocycles. The van der Waals surface area contributed by atoms with Gasteiger partial charge in [-0.25, -0.2) is 4.79 Å². The number of hydrogen-bond donors (Lipinski definition) is 2. The first-order valence-corrected chi connectivity index (χ1v) is 11.3. The Labute approximate surface area is 198 Å². The van der Waals surface area contributed by atoms with Gasteiger partial charge in [-0.05, 0) is 36.6 Å². The summed E-state index contributed by atoms with van der Waals surface area (Å²) in [5.74, 6) is -0.116. The standard InChI is InChI=1S/C25H29N3O6/c1-28-20-10-9-18(13-23(29)32-2)34-22(20)15-33-21-11-8-17(12-19(21)24(28)30)27-25(31)26-14-16-6-4-3-5-7-16/h3-8,11-12,18,20,22H,9-10,13-15H2,1-2H3,(H2,26,27,31)/t18-,20-,22-/m0/s1. The number of anilines is 1. The molecule has 2 aromatic rings. The summed E-state index contributed by atoms with van der Waals surface area (Å²) in [6, 6.07) is 14.0. The van der Waals surface area contributed by atoms with E-state index in [9.17, 15) is 14.4 Å². The average molecular weight is 468 g/mol. The molecule has 3 atom stereocenters. The number of methoxy groups -OCH3 is 1. The third-order valence-corrected chi connectivity index (χ3v) is 6.19. The van der Waals surface area contributed by atoms with Crippen molar-refractivity contribution in [1.29, 1.82) is 0 Å². The fraction of sp³-hybridized carbons (Fsp3) is 0.400. The van der Waals surface area contributed by atoms with Gasteiger partial charge in [-0.1, -0.05) is 30.3 Å². The van der Waals surface area contributed by atoms with Gasteiger partial charge in [-0.15, -0.1) is 0 Å². The number of nitrogens with zero attached hydrogens (tertiary/aromatic N) is 1. The SMILES string of the molecule is COC(=O)C[C@@H]1CC[C@H]2[C@H](COc3ccc(NC(=O)NCc4ccccc4)cc3C(=O)N2C)O1. The number of carbonyl (C=O) groups is 3. The average Bonchev–Trinajstić information content (AvgIpc) is 2.86. The number of urea groups is 1. The van der Waals surface area contributed by atoms with Crippen molar-refractivity contribution < 1.29 is 28.6 Å². The lowest BCUT2D eigenvalue weighted by atomic mass is 9.94. The van der Waals surface area contributed by atoms with E-state index in [1.54, 1.807) is 30.1 Å². The molecule has 2 aliphatic rings. The maximum atomic E-state index is 13.3. The molecule has 180 valence electrons.